The van der Waals surface area contributed by atoms with Crippen LogP contribution in [0.4, 0.5) is 5.82 Å². The van der Waals surface area contributed by atoms with Crippen LogP contribution in [0.3, 0.4) is 0 Å². The predicted molar refractivity (Wildman–Crippen MR) is 122 cm³/mol. The first-order valence-corrected chi connectivity index (χ1v) is 10.2. The molecule has 0 saturated heterocycles. The van der Waals surface area contributed by atoms with E-state index in [1.54, 1.807) is 6.20 Å². The lowest BCUT2D eigenvalue weighted by molar-refractivity contribution is -0.116. The standard InChI is InChI=1S/C18H29N5OS.HI/c1-4-19-18(22-14-6-7-15(11-14)25-3)20-10-9-17(24)23-16-8-5-13(2)12-21-16;/h5,8,12,14-15H,4,6-7,9-11H2,1-3H3,(H2,19,20,22)(H,21,23,24);1H. The summed E-state index contributed by atoms with van der Waals surface area (Å²) in [5, 5.41) is 10.3. The number of thioether (sulfide) groups is 1. The molecule has 1 aromatic heterocycles. The van der Waals surface area contributed by atoms with Crippen molar-refractivity contribution in [3.8, 4) is 0 Å². The minimum absolute atomic E-state index is 0. The van der Waals surface area contributed by atoms with E-state index < -0.39 is 0 Å². The lowest BCUT2D eigenvalue weighted by atomic mass is 10.2. The molecule has 0 aliphatic heterocycles. The van der Waals surface area contributed by atoms with Crippen LogP contribution in [-0.4, -0.2) is 47.5 Å². The Morgan fingerprint density at radius 3 is 2.81 bits per heavy atom. The summed E-state index contributed by atoms with van der Waals surface area (Å²) in [6.45, 7) is 5.27. The van der Waals surface area contributed by atoms with Gasteiger partial charge in [-0.05, 0) is 51.0 Å². The maximum Gasteiger partial charge on any atom is 0.227 e. The van der Waals surface area contributed by atoms with E-state index in [2.05, 4.69) is 32.2 Å². The first-order valence-electron chi connectivity index (χ1n) is 8.90. The SMILES string of the molecule is CCNC(=NCCC(=O)Nc1ccc(C)cn1)NC1CCC(SC)C1.I. The molecule has 3 N–H and O–H groups in total. The summed E-state index contributed by atoms with van der Waals surface area (Å²) in [5.41, 5.74) is 1.07. The average molecular weight is 491 g/mol. The van der Waals surface area contributed by atoms with Crippen molar-refractivity contribution < 1.29 is 4.79 Å². The zero-order chi connectivity index (χ0) is 18.1. The monoisotopic (exact) mass is 491 g/mol. The van der Waals surface area contributed by atoms with Crippen LogP contribution in [0.15, 0.2) is 23.3 Å². The Kier molecular flexibility index (Phi) is 11.0. The second kappa shape index (κ2) is 12.4. The zero-order valence-corrected chi connectivity index (χ0v) is 18.9. The van der Waals surface area contributed by atoms with Gasteiger partial charge in [0.15, 0.2) is 5.96 Å². The number of nitrogens with one attached hydrogen (secondary N) is 3. The number of nitrogens with zero attached hydrogens (tertiary/aromatic N) is 2. The van der Waals surface area contributed by atoms with Crippen LogP contribution < -0.4 is 16.0 Å². The summed E-state index contributed by atoms with van der Waals surface area (Å²) < 4.78 is 0. The maximum absolute atomic E-state index is 12.0. The van der Waals surface area contributed by atoms with Crippen molar-refractivity contribution in [2.45, 2.75) is 50.8 Å². The number of rotatable bonds is 7. The molecule has 8 heteroatoms. The summed E-state index contributed by atoms with van der Waals surface area (Å²) in [6, 6.07) is 4.21. The van der Waals surface area contributed by atoms with Crippen LogP contribution >= 0.6 is 35.7 Å². The molecule has 26 heavy (non-hydrogen) atoms. The van der Waals surface area contributed by atoms with Gasteiger partial charge >= 0.3 is 0 Å². The molecular formula is C18H30IN5OS. The molecular weight excluding hydrogens is 461 g/mol. The molecule has 146 valence electrons. The Labute approximate surface area is 177 Å². The highest BCUT2D eigenvalue weighted by molar-refractivity contribution is 14.0. The fourth-order valence-corrected chi connectivity index (χ4v) is 3.61. The third-order valence-electron chi connectivity index (χ3n) is 4.19. The number of pyridine rings is 1. The quantitative estimate of drug-likeness (QED) is 0.310. The van der Waals surface area contributed by atoms with Crippen LogP contribution in [0.5, 0.6) is 0 Å². The fourth-order valence-electron chi connectivity index (χ4n) is 2.82. The second-order valence-corrected chi connectivity index (χ2v) is 7.43. The average Bonchev–Trinajstić information content (AvgIpc) is 3.05. The van der Waals surface area contributed by atoms with E-state index >= 15 is 0 Å². The first-order chi connectivity index (χ1) is 12.1. The van der Waals surface area contributed by atoms with Crippen molar-refractivity contribution in [3.63, 3.8) is 0 Å². The molecule has 2 atom stereocenters. The predicted octanol–water partition coefficient (Wildman–Crippen LogP) is 3.18. The molecule has 0 spiro atoms. The van der Waals surface area contributed by atoms with Crippen molar-refractivity contribution in [3.05, 3.63) is 23.9 Å². The van der Waals surface area contributed by atoms with Crippen molar-refractivity contribution in [2.75, 3.05) is 24.7 Å². The van der Waals surface area contributed by atoms with Crippen molar-refractivity contribution in [1.29, 1.82) is 0 Å². The van der Waals surface area contributed by atoms with Crippen molar-refractivity contribution in [2.24, 2.45) is 4.99 Å². The number of carbonyl (C=O) groups is 1. The third-order valence-corrected chi connectivity index (χ3v) is 5.29. The molecule has 2 unspecified atom stereocenters. The van der Waals surface area contributed by atoms with Gasteiger partial charge in [0.05, 0.1) is 6.54 Å². The Balaban J connectivity index is 0.00000338. The normalized spacial score (nSPS) is 19.6. The highest BCUT2D eigenvalue weighted by Gasteiger charge is 2.24. The highest BCUT2D eigenvalue weighted by atomic mass is 127. The first kappa shape index (κ1) is 23.0. The molecule has 2 rings (SSSR count). The Morgan fingerprint density at radius 1 is 1.38 bits per heavy atom. The fraction of sp³-hybridized carbons (Fsp3) is 0.611. The number of halogens is 1. The summed E-state index contributed by atoms with van der Waals surface area (Å²) in [5.74, 6) is 1.31. The molecule has 1 aliphatic rings. The van der Waals surface area contributed by atoms with Gasteiger partial charge in [-0.1, -0.05) is 6.07 Å². The number of hydrogen-bond acceptors (Lipinski definition) is 4. The smallest absolute Gasteiger partial charge is 0.227 e. The summed E-state index contributed by atoms with van der Waals surface area (Å²) in [6.07, 6.45) is 7.85. The highest BCUT2D eigenvalue weighted by Crippen LogP contribution is 2.27. The van der Waals surface area contributed by atoms with E-state index in [-0.39, 0.29) is 29.9 Å². The third kappa shape index (κ3) is 8.11. The maximum atomic E-state index is 12.0. The van der Waals surface area contributed by atoms with Gasteiger partial charge in [-0.25, -0.2) is 4.98 Å². The second-order valence-electron chi connectivity index (χ2n) is 6.29. The number of carbonyl (C=O) groups excluding carboxylic acids is 1. The van der Waals surface area contributed by atoms with E-state index in [0.29, 0.717) is 24.8 Å². The summed E-state index contributed by atoms with van der Waals surface area (Å²) in [4.78, 5) is 20.7. The zero-order valence-electron chi connectivity index (χ0n) is 15.7. The van der Waals surface area contributed by atoms with Crippen LogP contribution in [0.2, 0.25) is 0 Å². The number of hydrogen-bond donors (Lipinski definition) is 3. The van der Waals surface area contributed by atoms with Crippen molar-refractivity contribution >= 4 is 53.4 Å². The van der Waals surface area contributed by atoms with Crippen LogP contribution in [0.25, 0.3) is 0 Å². The summed E-state index contributed by atoms with van der Waals surface area (Å²) in [7, 11) is 0. The van der Waals surface area contributed by atoms with Gasteiger partial charge in [-0.3, -0.25) is 9.79 Å². The molecule has 1 saturated carbocycles. The number of guanidine groups is 1. The van der Waals surface area contributed by atoms with Crippen LogP contribution in [0, 0.1) is 6.92 Å². The van der Waals surface area contributed by atoms with E-state index in [9.17, 15) is 4.79 Å². The van der Waals surface area contributed by atoms with E-state index in [1.807, 2.05) is 37.7 Å². The number of aryl methyl sites for hydroxylation is 1. The number of anilines is 1. The van der Waals surface area contributed by atoms with Crippen molar-refractivity contribution in [1.82, 2.24) is 15.6 Å². The molecule has 1 fully saturated rings. The molecule has 0 aromatic carbocycles. The molecule has 6 nitrogen and oxygen atoms in total. The number of aliphatic imine (C=N–C) groups is 1. The van der Waals surface area contributed by atoms with E-state index in [0.717, 1.165) is 23.3 Å². The van der Waals surface area contributed by atoms with Gasteiger partial charge < -0.3 is 16.0 Å². The molecule has 0 radical (unpaired) electrons. The Morgan fingerprint density at radius 2 is 2.19 bits per heavy atom. The van der Waals surface area contributed by atoms with Crippen LogP contribution in [0.1, 0.15) is 38.2 Å². The molecule has 1 aromatic rings. The van der Waals surface area contributed by atoms with Gasteiger partial charge in [-0.2, -0.15) is 11.8 Å². The van der Waals surface area contributed by atoms with E-state index in [4.69, 9.17) is 0 Å². The topological polar surface area (TPSA) is 78.4 Å². The van der Waals surface area contributed by atoms with Gasteiger partial charge in [0.25, 0.3) is 0 Å². The van der Waals surface area contributed by atoms with Gasteiger partial charge in [0.2, 0.25) is 5.91 Å². The largest absolute Gasteiger partial charge is 0.357 e. The summed E-state index contributed by atoms with van der Waals surface area (Å²) >= 11 is 1.94. The van der Waals surface area contributed by atoms with Gasteiger partial charge in [-0.15, -0.1) is 24.0 Å². The van der Waals surface area contributed by atoms with Gasteiger partial charge in [0.1, 0.15) is 5.82 Å². The molecule has 0 bridgehead atoms. The minimum Gasteiger partial charge on any atom is -0.357 e. The Hall–Kier alpha value is -1.03. The van der Waals surface area contributed by atoms with Crippen LogP contribution in [-0.2, 0) is 4.79 Å². The van der Waals surface area contributed by atoms with Gasteiger partial charge in [0, 0.05) is 30.5 Å². The molecule has 1 heterocycles. The number of aromatic nitrogens is 1. The molecule has 1 amide bonds. The Bertz CT molecular complexity index is 581. The minimum atomic E-state index is -0.0701. The lowest BCUT2D eigenvalue weighted by Gasteiger charge is -2.17. The lowest BCUT2D eigenvalue weighted by Crippen LogP contribution is -2.42. The number of amides is 1. The molecule has 1 aliphatic carbocycles. The van der Waals surface area contributed by atoms with E-state index in [1.165, 1.54) is 19.3 Å².